The number of hydrogen-bond acceptors (Lipinski definition) is 13. The maximum atomic E-state index is 13.3. The lowest BCUT2D eigenvalue weighted by atomic mass is 9.97. The van der Waals surface area contributed by atoms with Crippen molar-refractivity contribution in [3.05, 3.63) is 97.2 Å². The summed E-state index contributed by atoms with van der Waals surface area (Å²) in [4.78, 5) is 13.3. The largest absolute Gasteiger partial charge is 0.394 e. The van der Waals surface area contributed by atoms with E-state index < -0.39 is 86.8 Å². The van der Waals surface area contributed by atoms with E-state index in [2.05, 4.69) is 104 Å². The summed E-state index contributed by atoms with van der Waals surface area (Å²) in [5, 5.41) is 87.2. The number of aliphatic hydroxyl groups is 8. The normalized spacial score (nSPS) is 24.8. The van der Waals surface area contributed by atoms with E-state index in [-0.39, 0.29) is 18.9 Å². The maximum absolute atomic E-state index is 13.3. The molecule has 0 aromatic heterocycles. The van der Waals surface area contributed by atoms with E-state index in [1.165, 1.54) is 116 Å². The van der Waals surface area contributed by atoms with Gasteiger partial charge in [-0.15, -0.1) is 0 Å². The van der Waals surface area contributed by atoms with Crippen LogP contribution in [-0.2, 0) is 23.7 Å². The van der Waals surface area contributed by atoms with Crippen LogP contribution >= 0.6 is 0 Å². The summed E-state index contributed by atoms with van der Waals surface area (Å²) in [6.45, 7) is 2.65. The average Bonchev–Trinajstić information content (AvgIpc) is 3.47. The molecule has 2 fully saturated rings. The van der Waals surface area contributed by atoms with Crippen molar-refractivity contribution in [1.29, 1.82) is 0 Å². The molecular formula is C67H115NO13. The lowest BCUT2D eigenvalue weighted by Gasteiger charge is -2.46. The fraction of sp³-hybridized carbons (Fsp3) is 0.746. The van der Waals surface area contributed by atoms with Crippen molar-refractivity contribution >= 4 is 5.91 Å². The van der Waals surface area contributed by atoms with Crippen molar-refractivity contribution < 1.29 is 64.6 Å². The first-order chi connectivity index (χ1) is 39.6. The average molecular weight is 1140 g/mol. The van der Waals surface area contributed by atoms with Crippen LogP contribution in [0.4, 0.5) is 0 Å². The molecule has 0 aromatic carbocycles. The smallest absolute Gasteiger partial charge is 0.220 e. The highest BCUT2D eigenvalue weighted by molar-refractivity contribution is 5.76. The number of amides is 1. The predicted molar refractivity (Wildman–Crippen MR) is 327 cm³/mol. The van der Waals surface area contributed by atoms with Crippen LogP contribution in [0.3, 0.4) is 0 Å². The topological polar surface area (TPSA) is 228 Å². The third kappa shape index (κ3) is 36.4. The molecule has 0 saturated carbocycles. The molecule has 0 aromatic rings. The van der Waals surface area contributed by atoms with E-state index in [0.29, 0.717) is 12.8 Å². The molecule has 466 valence electrons. The Labute approximate surface area is 490 Å². The molecule has 2 aliphatic heterocycles. The Morgan fingerprint density at radius 3 is 1.36 bits per heavy atom. The van der Waals surface area contributed by atoms with Gasteiger partial charge in [0, 0.05) is 6.42 Å². The van der Waals surface area contributed by atoms with Crippen molar-refractivity contribution in [3.8, 4) is 0 Å². The van der Waals surface area contributed by atoms with Crippen LogP contribution in [0.2, 0.25) is 0 Å². The monoisotopic (exact) mass is 1140 g/mol. The number of aliphatic hydroxyl groups excluding tert-OH is 8. The maximum Gasteiger partial charge on any atom is 0.220 e. The molecule has 2 aliphatic rings. The Bertz CT molecular complexity index is 1730. The molecule has 0 aliphatic carbocycles. The molecule has 12 atom stereocenters. The van der Waals surface area contributed by atoms with E-state index in [0.717, 1.165) is 77.0 Å². The van der Waals surface area contributed by atoms with Crippen LogP contribution < -0.4 is 5.32 Å². The van der Waals surface area contributed by atoms with Crippen molar-refractivity contribution in [2.75, 3.05) is 19.8 Å². The number of allylic oxidation sites excluding steroid dienone is 15. The van der Waals surface area contributed by atoms with Crippen molar-refractivity contribution in [2.24, 2.45) is 0 Å². The summed E-state index contributed by atoms with van der Waals surface area (Å²) >= 11 is 0. The second-order valence-corrected chi connectivity index (χ2v) is 22.1. The Balaban J connectivity index is 1.78. The first-order valence-corrected chi connectivity index (χ1v) is 32.0. The third-order valence-corrected chi connectivity index (χ3v) is 15.0. The summed E-state index contributed by atoms with van der Waals surface area (Å²) in [5.41, 5.74) is 0. The zero-order valence-electron chi connectivity index (χ0n) is 50.2. The van der Waals surface area contributed by atoms with Crippen molar-refractivity contribution in [2.45, 2.75) is 299 Å². The molecule has 9 N–H and O–H groups in total. The van der Waals surface area contributed by atoms with E-state index in [1.807, 2.05) is 6.08 Å². The summed E-state index contributed by atoms with van der Waals surface area (Å²) in [7, 11) is 0. The summed E-state index contributed by atoms with van der Waals surface area (Å²) < 4.78 is 22.8. The highest BCUT2D eigenvalue weighted by atomic mass is 16.7. The fourth-order valence-electron chi connectivity index (χ4n) is 9.90. The lowest BCUT2D eigenvalue weighted by molar-refractivity contribution is -0.359. The molecule has 81 heavy (non-hydrogen) atoms. The highest BCUT2D eigenvalue weighted by Crippen LogP contribution is 2.30. The Kier molecular flexibility index (Phi) is 46.9. The molecule has 2 rings (SSSR count). The van der Waals surface area contributed by atoms with Crippen LogP contribution in [0.5, 0.6) is 0 Å². The SMILES string of the molecule is CC/C=C\C/C=C\C/C=C\C/C=C\C/C=C\C/C=C\CCCCCCC(=O)NC(COC1OC(CO)C(OC2OC(CO)C(O)C(O)C2O)C(O)C1O)C(O)/C=C/CC/C=C/CCCCCCCCCCCCCCCCCCCC. The van der Waals surface area contributed by atoms with E-state index in [9.17, 15) is 45.6 Å². The minimum atomic E-state index is -1.80. The van der Waals surface area contributed by atoms with Crippen LogP contribution in [0, 0.1) is 0 Å². The fourth-order valence-corrected chi connectivity index (χ4v) is 9.90. The first kappa shape index (κ1) is 74.0. The zero-order chi connectivity index (χ0) is 58.8. The van der Waals surface area contributed by atoms with E-state index in [4.69, 9.17) is 18.9 Å². The van der Waals surface area contributed by atoms with Gasteiger partial charge in [0.2, 0.25) is 5.91 Å². The van der Waals surface area contributed by atoms with Gasteiger partial charge in [-0.3, -0.25) is 4.79 Å². The number of carbonyl (C=O) groups is 1. The standard InChI is InChI=1S/C67H115NO13/c1-3-5-7-9-11-13-15-17-19-21-23-25-27-29-30-32-34-36-38-40-42-44-46-48-50-56(71)55(54-78-66-64(77)62(75)65(58(53-70)80-66)81-67-63(76)61(74)60(73)57(52-69)79-67)68-59(72)51-49-47-45-43-41-39-37-35-33-31-28-26-24-22-20-18-16-14-12-10-8-6-4-2/h6,8,12,14,18,20,24,26,31,33,37,39-40,42,48,50,55-58,60-67,69-71,73-77H,3-5,7,9-11,13,15-17,19,21-23,25,27-30,32,34-36,38,41,43-47,49,51-54H2,1-2H3,(H,68,72)/b8-6-,14-12-,20-18-,26-24-,33-31-,39-37-,42-40+,50-48+. The number of ether oxygens (including phenoxy) is 4. The van der Waals surface area contributed by atoms with Gasteiger partial charge in [0.15, 0.2) is 12.6 Å². The highest BCUT2D eigenvalue weighted by Gasteiger charge is 2.51. The van der Waals surface area contributed by atoms with Crippen molar-refractivity contribution in [1.82, 2.24) is 5.32 Å². The summed E-state index contributed by atoms with van der Waals surface area (Å²) in [6, 6.07) is -0.953. The molecular weight excluding hydrogens is 1030 g/mol. The molecule has 12 unspecified atom stereocenters. The molecule has 14 heteroatoms. The molecule has 2 saturated heterocycles. The van der Waals surface area contributed by atoms with Crippen LogP contribution in [0.15, 0.2) is 97.2 Å². The summed E-state index contributed by atoms with van der Waals surface area (Å²) in [5.74, 6) is -0.276. The zero-order valence-corrected chi connectivity index (χ0v) is 50.2. The quantitative estimate of drug-likeness (QED) is 0.0204. The lowest BCUT2D eigenvalue weighted by Crippen LogP contribution is -2.65. The Hall–Kier alpha value is -3.09. The second-order valence-electron chi connectivity index (χ2n) is 22.1. The van der Waals surface area contributed by atoms with E-state index in [1.54, 1.807) is 6.08 Å². The van der Waals surface area contributed by atoms with Crippen molar-refractivity contribution in [3.63, 3.8) is 0 Å². The van der Waals surface area contributed by atoms with Gasteiger partial charge in [0.1, 0.15) is 48.8 Å². The number of hydrogen-bond donors (Lipinski definition) is 9. The van der Waals surface area contributed by atoms with Crippen LogP contribution in [0.25, 0.3) is 0 Å². The minimum absolute atomic E-state index is 0.238. The molecule has 0 spiro atoms. The molecule has 0 bridgehead atoms. The Morgan fingerprint density at radius 1 is 0.457 bits per heavy atom. The number of unbranched alkanes of at least 4 members (excludes halogenated alkanes) is 23. The van der Waals surface area contributed by atoms with Crippen LogP contribution in [0.1, 0.15) is 226 Å². The van der Waals surface area contributed by atoms with E-state index >= 15 is 0 Å². The van der Waals surface area contributed by atoms with Gasteiger partial charge in [0.25, 0.3) is 0 Å². The first-order valence-electron chi connectivity index (χ1n) is 32.0. The van der Waals surface area contributed by atoms with Gasteiger partial charge >= 0.3 is 0 Å². The van der Waals surface area contributed by atoms with Gasteiger partial charge in [-0.25, -0.2) is 0 Å². The molecule has 0 radical (unpaired) electrons. The van der Waals surface area contributed by atoms with Gasteiger partial charge in [0.05, 0.1) is 32.0 Å². The Morgan fingerprint density at radius 2 is 0.864 bits per heavy atom. The number of carbonyl (C=O) groups excluding carboxylic acids is 1. The summed E-state index contributed by atoms with van der Waals surface area (Å²) in [6.07, 6.45) is 54.5. The van der Waals surface area contributed by atoms with Gasteiger partial charge in [-0.2, -0.15) is 0 Å². The number of nitrogens with one attached hydrogen (secondary N) is 1. The third-order valence-electron chi connectivity index (χ3n) is 15.0. The molecule has 14 nitrogen and oxygen atoms in total. The second kappa shape index (κ2) is 51.3. The predicted octanol–water partition coefficient (Wildman–Crippen LogP) is 11.8. The van der Waals surface area contributed by atoms with Crippen LogP contribution in [-0.4, -0.2) is 140 Å². The van der Waals surface area contributed by atoms with Gasteiger partial charge < -0.3 is 65.1 Å². The molecule has 2 heterocycles. The molecule has 1 amide bonds. The van der Waals surface area contributed by atoms with Gasteiger partial charge in [-0.1, -0.05) is 233 Å². The minimum Gasteiger partial charge on any atom is -0.394 e. The number of rotatable bonds is 50. The van der Waals surface area contributed by atoms with Gasteiger partial charge in [-0.05, 0) is 83.5 Å².